The number of likely N-dealkylation sites (tertiary alicyclic amines) is 1. The first-order chi connectivity index (χ1) is 17.4. The van der Waals surface area contributed by atoms with Crippen molar-refractivity contribution in [3.8, 4) is 5.75 Å². The molecule has 0 bridgehead atoms. The van der Waals surface area contributed by atoms with Gasteiger partial charge in [-0.1, -0.05) is 54.6 Å². The van der Waals surface area contributed by atoms with E-state index < -0.39 is 33.5 Å². The van der Waals surface area contributed by atoms with Crippen molar-refractivity contribution < 1.29 is 28.1 Å². The first-order valence-electron chi connectivity index (χ1n) is 11.6. The molecule has 0 spiro atoms. The van der Waals surface area contributed by atoms with Crippen molar-refractivity contribution in [2.24, 2.45) is 5.92 Å². The Morgan fingerprint density at radius 3 is 2.47 bits per heavy atom. The lowest BCUT2D eigenvalue weighted by Gasteiger charge is -2.22. The minimum atomic E-state index is -1.54. The molecule has 2 aliphatic rings. The largest absolute Gasteiger partial charge is 0.491 e. The van der Waals surface area contributed by atoms with Crippen LogP contribution in [0.4, 0.5) is 0 Å². The molecule has 4 rings (SSSR count). The molecule has 1 aromatic carbocycles. The van der Waals surface area contributed by atoms with Gasteiger partial charge >= 0.3 is 0 Å². The first-order valence-corrected chi connectivity index (χ1v) is 13.0. The van der Waals surface area contributed by atoms with Crippen molar-refractivity contribution in [2.45, 2.75) is 30.8 Å². The quantitative estimate of drug-likeness (QED) is 0.277. The summed E-state index contributed by atoms with van der Waals surface area (Å²) in [5.74, 6) is -1.86. The standard InChI is InChI=1S/C27H26N2O6S/c1-18-21(28-14-13-22(18)35-16-15-29-24(30)11-12-25(29)31)17-36(34)23-10-6-5-9-20(23)27(33)26(32)19-7-3-2-4-8-19/h2-10,13-14,20,23H,11-12,15-17H2,1H3. The van der Waals surface area contributed by atoms with Crippen LogP contribution in [0, 0.1) is 12.8 Å². The number of hydrogen-bond donors (Lipinski definition) is 0. The number of Topliss-reactive ketones (excluding diaryl/α,β-unsaturated/α-hetero) is 2. The summed E-state index contributed by atoms with van der Waals surface area (Å²) in [4.78, 5) is 54.8. The minimum absolute atomic E-state index is 0.0677. The van der Waals surface area contributed by atoms with Gasteiger partial charge in [-0.2, -0.15) is 0 Å². The van der Waals surface area contributed by atoms with E-state index in [-0.39, 0.29) is 43.6 Å². The van der Waals surface area contributed by atoms with Gasteiger partial charge in [0.2, 0.25) is 23.4 Å². The highest BCUT2D eigenvalue weighted by Crippen LogP contribution is 2.26. The Morgan fingerprint density at radius 1 is 1.06 bits per heavy atom. The zero-order valence-electron chi connectivity index (χ0n) is 19.8. The molecule has 36 heavy (non-hydrogen) atoms. The highest BCUT2D eigenvalue weighted by atomic mass is 32.2. The average Bonchev–Trinajstić information content (AvgIpc) is 3.22. The van der Waals surface area contributed by atoms with Crippen LogP contribution in [0.5, 0.6) is 5.75 Å². The van der Waals surface area contributed by atoms with Crippen molar-refractivity contribution in [2.75, 3.05) is 13.2 Å². The monoisotopic (exact) mass is 506 g/mol. The Balaban J connectivity index is 1.42. The fraction of sp³-hybridized carbons (Fsp3) is 0.296. The molecular formula is C27H26N2O6S. The number of imide groups is 1. The van der Waals surface area contributed by atoms with Crippen LogP contribution in [0.1, 0.15) is 34.5 Å². The predicted octanol–water partition coefficient (Wildman–Crippen LogP) is 2.73. The number of benzene rings is 1. The van der Waals surface area contributed by atoms with E-state index in [4.69, 9.17) is 4.74 Å². The Labute approximate surface area is 211 Å². The van der Waals surface area contributed by atoms with Gasteiger partial charge in [0.1, 0.15) is 12.4 Å². The number of nitrogens with zero attached hydrogens (tertiary/aromatic N) is 2. The molecule has 0 saturated carbocycles. The third kappa shape index (κ3) is 5.57. The summed E-state index contributed by atoms with van der Waals surface area (Å²) < 4.78 is 19.2. The number of ether oxygens (including phenoxy) is 1. The summed E-state index contributed by atoms with van der Waals surface area (Å²) in [5, 5.41) is -0.673. The van der Waals surface area contributed by atoms with Crippen LogP contribution in [-0.4, -0.2) is 55.9 Å². The SMILES string of the molecule is Cc1c(OCCN2C(=O)CCC2=O)ccnc1CS(=O)C1C=CC=CC1C(=O)C(=O)c1ccccc1. The molecule has 186 valence electrons. The second kappa shape index (κ2) is 11.3. The number of hydrogen-bond acceptors (Lipinski definition) is 7. The van der Waals surface area contributed by atoms with Gasteiger partial charge in [-0.25, -0.2) is 0 Å². The van der Waals surface area contributed by atoms with Crippen LogP contribution in [0.25, 0.3) is 0 Å². The van der Waals surface area contributed by atoms with Crippen LogP contribution in [0.2, 0.25) is 0 Å². The molecule has 8 nitrogen and oxygen atoms in total. The summed E-state index contributed by atoms with van der Waals surface area (Å²) in [7, 11) is -1.54. The molecule has 1 fully saturated rings. The van der Waals surface area contributed by atoms with E-state index in [1.54, 1.807) is 73.8 Å². The van der Waals surface area contributed by atoms with E-state index in [1.165, 1.54) is 4.90 Å². The lowest BCUT2D eigenvalue weighted by Crippen LogP contribution is -2.35. The smallest absolute Gasteiger partial charge is 0.229 e. The fourth-order valence-corrected chi connectivity index (χ4v) is 5.73. The number of pyridine rings is 1. The first kappa shape index (κ1) is 25.4. The maximum atomic E-state index is 13.4. The molecule has 2 heterocycles. The third-order valence-corrected chi connectivity index (χ3v) is 7.83. The minimum Gasteiger partial charge on any atom is -0.491 e. The summed E-state index contributed by atoms with van der Waals surface area (Å²) >= 11 is 0. The van der Waals surface area contributed by atoms with Crippen LogP contribution >= 0.6 is 0 Å². The summed E-state index contributed by atoms with van der Waals surface area (Å²) in [6.45, 7) is 2.09. The molecular weight excluding hydrogens is 480 g/mol. The maximum absolute atomic E-state index is 13.4. The summed E-state index contributed by atoms with van der Waals surface area (Å²) in [6, 6.07) is 9.99. The molecule has 1 saturated heterocycles. The third-order valence-electron chi connectivity index (χ3n) is 6.22. The van der Waals surface area contributed by atoms with Crippen molar-refractivity contribution in [3.63, 3.8) is 0 Å². The van der Waals surface area contributed by atoms with Gasteiger partial charge in [-0.3, -0.25) is 33.3 Å². The molecule has 0 N–H and O–H groups in total. The van der Waals surface area contributed by atoms with Crippen molar-refractivity contribution in [1.29, 1.82) is 0 Å². The second-order valence-corrected chi connectivity index (χ2v) is 10.1. The van der Waals surface area contributed by atoms with Gasteiger partial charge in [0.15, 0.2) is 0 Å². The van der Waals surface area contributed by atoms with E-state index in [0.717, 1.165) is 0 Å². The number of allylic oxidation sites excluding steroid dienone is 3. The maximum Gasteiger partial charge on any atom is 0.229 e. The van der Waals surface area contributed by atoms with Crippen LogP contribution in [-0.2, 0) is 30.9 Å². The van der Waals surface area contributed by atoms with Gasteiger partial charge in [-0.05, 0) is 13.0 Å². The zero-order chi connectivity index (χ0) is 25.7. The number of aromatic nitrogens is 1. The molecule has 3 unspecified atom stereocenters. The van der Waals surface area contributed by atoms with E-state index in [0.29, 0.717) is 22.6 Å². The normalized spacial score (nSPS) is 20.0. The Kier molecular flexibility index (Phi) is 8.00. The highest BCUT2D eigenvalue weighted by Gasteiger charge is 2.34. The van der Waals surface area contributed by atoms with Crippen molar-refractivity contribution in [1.82, 2.24) is 9.88 Å². The van der Waals surface area contributed by atoms with E-state index in [9.17, 15) is 23.4 Å². The fourth-order valence-electron chi connectivity index (χ4n) is 4.17. The Hall–Kier alpha value is -3.72. The van der Waals surface area contributed by atoms with Crippen molar-refractivity contribution >= 4 is 34.2 Å². The highest BCUT2D eigenvalue weighted by molar-refractivity contribution is 7.85. The van der Waals surface area contributed by atoms with Gasteiger partial charge in [0.05, 0.1) is 29.2 Å². The lowest BCUT2D eigenvalue weighted by atomic mass is 9.91. The zero-order valence-corrected chi connectivity index (χ0v) is 20.6. The molecule has 9 heteroatoms. The van der Waals surface area contributed by atoms with E-state index in [1.807, 2.05) is 0 Å². The number of carbonyl (C=O) groups is 4. The number of amides is 2. The lowest BCUT2D eigenvalue weighted by molar-refractivity contribution is -0.138. The van der Waals surface area contributed by atoms with Crippen molar-refractivity contribution in [3.05, 3.63) is 83.7 Å². The summed E-state index contributed by atoms with van der Waals surface area (Å²) in [5.41, 5.74) is 1.53. The Bertz CT molecular complexity index is 1250. The average molecular weight is 507 g/mol. The molecule has 0 radical (unpaired) electrons. The number of carbonyl (C=O) groups excluding carboxylic acids is 4. The van der Waals surface area contributed by atoms with E-state index >= 15 is 0 Å². The van der Waals surface area contributed by atoms with Gasteiger partial charge in [0, 0.05) is 41.0 Å². The van der Waals surface area contributed by atoms with E-state index in [2.05, 4.69) is 4.98 Å². The molecule has 1 aliphatic heterocycles. The predicted molar refractivity (Wildman–Crippen MR) is 134 cm³/mol. The summed E-state index contributed by atoms with van der Waals surface area (Å²) in [6.07, 6.45) is 8.72. The van der Waals surface area contributed by atoms with Gasteiger partial charge in [0.25, 0.3) is 0 Å². The second-order valence-electron chi connectivity index (χ2n) is 8.51. The molecule has 1 aromatic heterocycles. The molecule has 2 amide bonds. The topological polar surface area (TPSA) is 111 Å². The molecule has 2 aromatic rings. The van der Waals surface area contributed by atoms with Crippen LogP contribution in [0.15, 0.2) is 66.9 Å². The van der Waals surface area contributed by atoms with Gasteiger partial charge < -0.3 is 4.74 Å². The van der Waals surface area contributed by atoms with Crippen LogP contribution < -0.4 is 4.74 Å². The Morgan fingerprint density at radius 2 is 1.75 bits per heavy atom. The van der Waals surface area contributed by atoms with Crippen LogP contribution in [0.3, 0.4) is 0 Å². The number of ketones is 2. The molecule has 3 atom stereocenters. The number of rotatable bonds is 10. The molecule has 1 aliphatic carbocycles. The van der Waals surface area contributed by atoms with Gasteiger partial charge in [-0.15, -0.1) is 0 Å².